The summed E-state index contributed by atoms with van der Waals surface area (Å²) in [4.78, 5) is 15.7. The number of carbonyl (C=O) groups is 1. The predicted molar refractivity (Wildman–Crippen MR) is 70.1 cm³/mol. The lowest BCUT2D eigenvalue weighted by molar-refractivity contribution is -0.116. The molecule has 0 unspecified atom stereocenters. The third-order valence-electron chi connectivity index (χ3n) is 2.26. The molecule has 1 aromatic heterocycles. The van der Waals surface area contributed by atoms with Crippen LogP contribution >= 0.6 is 15.9 Å². The molecular weight excluding hydrogens is 298 g/mol. The van der Waals surface area contributed by atoms with E-state index in [0.29, 0.717) is 24.6 Å². The second kappa shape index (κ2) is 5.77. The monoisotopic (exact) mass is 309 g/mol. The number of aromatic nitrogens is 2. The van der Waals surface area contributed by atoms with Crippen molar-refractivity contribution in [1.29, 1.82) is 0 Å². The molecule has 2 rings (SSSR count). The normalized spacial score (nSPS) is 10.3. The van der Waals surface area contributed by atoms with Gasteiger partial charge >= 0.3 is 0 Å². The van der Waals surface area contributed by atoms with E-state index in [-0.39, 0.29) is 5.91 Å². The molecule has 0 bridgehead atoms. The summed E-state index contributed by atoms with van der Waals surface area (Å²) in [5.74, 6) is 0.991. The van der Waals surface area contributed by atoms with Gasteiger partial charge in [0.15, 0.2) is 5.82 Å². The molecule has 1 amide bonds. The highest BCUT2D eigenvalue weighted by Crippen LogP contribution is 2.14. The maximum absolute atomic E-state index is 11.7. The van der Waals surface area contributed by atoms with Gasteiger partial charge in [0, 0.05) is 23.0 Å². The van der Waals surface area contributed by atoms with Crippen molar-refractivity contribution in [2.45, 2.75) is 19.8 Å². The van der Waals surface area contributed by atoms with E-state index >= 15 is 0 Å². The number of aryl methyl sites for hydroxylation is 2. The molecule has 5 nitrogen and oxygen atoms in total. The maximum Gasteiger partial charge on any atom is 0.227 e. The van der Waals surface area contributed by atoms with Gasteiger partial charge in [0.05, 0.1) is 0 Å². The Hall–Kier alpha value is -1.69. The van der Waals surface area contributed by atoms with Crippen LogP contribution in [0.15, 0.2) is 33.3 Å². The fourth-order valence-electron chi connectivity index (χ4n) is 1.42. The number of amides is 1. The summed E-state index contributed by atoms with van der Waals surface area (Å²) in [5.41, 5.74) is 0.768. The standard InChI is InChI=1S/C12H12BrN3O2/c1-8-14-12(18-16-8)7-6-11(17)15-10-4-2-9(13)3-5-10/h2-5H,6-7H2,1H3,(H,15,17). The Kier molecular flexibility index (Phi) is 4.09. The predicted octanol–water partition coefficient (Wildman–Crippen LogP) is 2.71. The van der Waals surface area contributed by atoms with Crippen molar-refractivity contribution in [3.63, 3.8) is 0 Å². The van der Waals surface area contributed by atoms with Crippen molar-refractivity contribution in [1.82, 2.24) is 10.1 Å². The smallest absolute Gasteiger partial charge is 0.227 e. The number of carbonyl (C=O) groups excluding carboxylic acids is 1. The Balaban J connectivity index is 1.83. The summed E-state index contributed by atoms with van der Waals surface area (Å²) < 4.78 is 5.91. The molecule has 1 heterocycles. The fourth-order valence-corrected chi connectivity index (χ4v) is 1.68. The second-order valence-corrected chi connectivity index (χ2v) is 4.71. The van der Waals surface area contributed by atoms with Gasteiger partial charge in [-0.05, 0) is 31.2 Å². The van der Waals surface area contributed by atoms with Crippen molar-refractivity contribution in [2.24, 2.45) is 0 Å². The van der Waals surface area contributed by atoms with E-state index in [9.17, 15) is 4.79 Å². The largest absolute Gasteiger partial charge is 0.339 e. The lowest BCUT2D eigenvalue weighted by Crippen LogP contribution is -2.12. The van der Waals surface area contributed by atoms with E-state index < -0.39 is 0 Å². The molecule has 0 aliphatic carbocycles. The summed E-state index contributed by atoms with van der Waals surface area (Å²) in [7, 11) is 0. The van der Waals surface area contributed by atoms with Crippen molar-refractivity contribution in [2.75, 3.05) is 5.32 Å². The number of hydrogen-bond donors (Lipinski definition) is 1. The SMILES string of the molecule is Cc1noc(CCC(=O)Nc2ccc(Br)cc2)n1. The molecule has 0 atom stereocenters. The van der Waals surface area contributed by atoms with Crippen LogP contribution in [0.2, 0.25) is 0 Å². The first kappa shape index (κ1) is 12.8. The van der Waals surface area contributed by atoms with Crippen LogP contribution in [0.4, 0.5) is 5.69 Å². The van der Waals surface area contributed by atoms with Crippen LogP contribution in [0.1, 0.15) is 18.1 Å². The average Bonchev–Trinajstić information content (AvgIpc) is 2.76. The highest BCUT2D eigenvalue weighted by molar-refractivity contribution is 9.10. The number of hydrogen-bond acceptors (Lipinski definition) is 4. The summed E-state index contributed by atoms with van der Waals surface area (Å²) in [6, 6.07) is 7.41. The van der Waals surface area contributed by atoms with E-state index in [1.54, 1.807) is 6.92 Å². The Morgan fingerprint density at radius 2 is 2.11 bits per heavy atom. The number of halogens is 1. The van der Waals surface area contributed by atoms with Gasteiger partial charge in [-0.2, -0.15) is 4.98 Å². The van der Waals surface area contributed by atoms with Gasteiger partial charge in [-0.25, -0.2) is 0 Å². The van der Waals surface area contributed by atoms with Crippen molar-refractivity contribution >= 4 is 27.5 Å². The highest BCUT2D eigenvalue weighted by Gasteiger charge is 2.07. The minimum absolute atomic E-state index is 0.0758. The number of rotatable bonds is 4. The molecular formula is C12H12BrN3O2. The molecule has 0 spiro atoms. The molecule has 2 aromatic rings. The topological polar surface area (TPSA) is 68.0 Å². The molecule has 18 heavy (non-hydrogen) atoms. The molecule has 0 fully saturated rings. The Bertz CT molecular complexity index is 537. The Morgan fingerprint density at radius 1 is 1.39 bits per heavy atom. The number of anilines is 1. The zero-order valence-electron chi connectivity index (χ0n) is 9.81. The molecule has 1 aromatic carbocycles. The van der Waals surface area contributed by atoms with Crippen molar-refractivity contribution in [3.8, 4) is 0 Å². The van der Waals surface area contributed by atoms with Gasteiger partial charge in [0.25, 0.3) is 0 Å². The van der Waals surface area contributed by atoms with E-state index in [1.807, 2.05) is 24.3 Å². The summed E-state index contributed by atoms with van der Waals surface area (Å²) in [6.45, 7) is 1.74. The minimum atomic E-state index is -0.0758. The molecule has 0 saturated heterocycles. The third-order valence-corrected chi connectivity index (χ3v) is 2.79. The number of benzene rings is 1. The molecule has 0 saturated carbocycles. The third kappa shape index (κ3) is 3.66. The average molecular weight is 310 g/mol. The first-order valence-corrected chi connectivity index (χ1v) is 6.27. The summed E-state index contributed by atoms with van der Waals surface area (Å²) >= 11 is 3.33. The van der Waals surface area contributed by atoms with Crippen LogP contribution in [0.5, 0.6) is 0 Å². The summed E-state index contributed by atoms with van der Waals surface area (Å²) in [5, 5.41) is 6.46. The maximum atomic E-state index is 11.7. The highest BCUT2D eigenvalue weighted by atomic mass is 79.9. The first-order valence-electron chi connectivity index (χ1n) is 5.48. The minimum Gasteiger partial charge on any atom is -0.339 e. The van der Waals surface area contributed by atoms with E-state index in [0.717, 1.165) is 10.2 Å². The van der Waals surface area contributed by atoms with Crippen LogP contribution in [0.3, 0.4) is 0 Å². The van der Waals surface area contributed by atoms with Crippen LogP contribution in [0, 0.1) is 6.92 Å². The number of nitrogens with zero attached hydrogens (tertiary/aromatic N) is 2. The lowest BCUT2D eigenvalue weighted by atomic mass is 10.2. The Labute approximate surface area is 113 Å². The zero-order chi connectivity index (χ0) is 13.0. The van der Waals surface area contributed by atoms with Crippen LogP contribution in [-0.4, -0.2) is 16.0 Å². The van der Waals surface area contributed by atoms with Crippen LogP contribution in [0.25, 0.3) is 0 Å². The Morgan fingerprint density at radius 3 is 2.72 bits per heavy atom. The lowest BCUT2D eigenvalue weighted by Gasteiger charge is -2.03. The molecule has 0 aliphatic heterocycles. The van der Waals surface area contributed by atoms with Crippen LogP contribution < -0.4 is 5.32 Å². The number of nitrogens with one attached hydrogen (secondary N) is 1. The van der Waals surface area contributed by atoms with Crippen molar-refractivity contribution < 1.29 is 9.32 Å². The molecule has 0 radical (unpaired) electrons. The first-order chi connectivity index (χ1) is 8.63. The molecule has 1 N–H and O–H groups in total. The zero-order valence-corrected chi connectivity index (χ0v) is 11.4. The van der Waals surface area contributed by atoms with E-state index in [4.69, 9.17) is 4.52 Å². The quantitative estimate of drug-likeness (QED) is 0.943. The van der Waals surface area contributed by atoms with Gasteiger partial charge in [-0.15, -0.1) is 0 Å². The van der Waals surface area contributed by atoms with E-state index in [1.165, 1.54) is 0 Å². The van der Waals surface area contributed by atoms with Crippen molar-refractivity contribution in [3.05, 3.63) is 40.5 Å². The molecule has 6 heteroatoms. The van der Waals surface area contributed by atoms with Gasteiger partial charge < -0.3 is 9.84 Å². The van der Waals surface area contributed by atoms with Gasteiger partial charge in [0.1, 0.15) is 0 Å². The van der Waals surface area contributed by atoms with Crippen LogP contribution in [-0.2, 0) is 11.2 Å². The van der Waals surface area contributed by atoms with E-state index in [2.05, 4.69) is 31.4 Å². The fraction of sp³-hybridized carbons (Fsp3) is 0.250. The summed E-state index contributed by atoms with van der Waals surface area (Å²) in [6.07, 6.45) is 0.765. The van der Waals surface area contributed by atoms with Gasteiger partial charge in [-0.3, -0.25) is 4.79 Å². The second-order valence-electron chi connectivity index (χ2n) is 3.79. The molecule has 94 valence electrons. The van der Waals surface area contributed by atoms with Gasteiger partial charge in [-0.1, -0.05) is 21.1 Å². The molecule has 0 aliphatic rings. The van der Waals surface area contributed by atoms with Gasteiger partial charge in [0.2, 0.25) is 11.8 Å².